The molecule has 0 saturated heterocycles. The van der Waals surface area contributed by atoms with E-state index in [-0.39, 0.29) is 6.10 Å². The van der Waals surface area contributed by atoms with E-state index in [1.807, 2.05) is 6.07 Å². The third kappa shape index (κ3) is 1.50. The van der Waals surface area contributed by atoms with E-state index in [2.05, 4.69) is 24.3 Å². The number of hydrogen-bond donors (Lipinski definition) is 0. The lowest BCUT2D eigenvalue weighted by molar-refractivity contribution is 0.0876. The van der Waals surface area contributed by atoms with Gasteiger partial charge in [0.05, 0.1) is 11.6 Å². The predicted molar refractivity (Wildman–Crippen MR) is 64.4 cm³/mol. The third-order valence-electron chi connectivity index (χ3n) is 3.35. The van der Waals surface area contributed by atoms with Crippen molar-refractivity contribution >= 4 is 10.9 Å². The lowest BCUT2D eigenvalue weighted by Gasteiger charge is -2.23. The molecule has 0 amide bonds. The summed E-state index contributed by atoms with van der Waals surface area (Å²) in [5.41, 5.74) is 3.60. The van der Waals surface area contributed by atoms with Crippen LogP contribution in [0.25, 0.3) is 10.9 Å². The normalized spacial score (nSPS) is 19.7. The van der Waals surface area contributed by atoms with Gasteiger partial charge in [0.2, 0.25) is 0 Å². The van der Waals surface area contributed by atoms with Crippen LogP contribution >= 0.6 is 0 Å². The second kappa shape index (κ2) is 3.87. The summed E-state index contributed by atoms with van der Waals surface area (Å²) in [6.45, 7) is 0. The molecule has 1 aliphatic rings. The van der Waals surface area contributed by atoms with Crippen LogP contribution in [0.1, 0.15) is 30.2 Å². The molecule has 1 aromatic heterocycles. The van der Waals surface area contributed by atoms with Crippen molar-refractivity contribution in [2.75, 3.05) is 7.11 Å². The number of nitrogens with zero attached hydrogens (tertiary/aromatic N) is 1. The van der Waals surface area contributed by atoms with Gasteiger partial charge in [0.1, 0.15) is 0 Å². The molecule has 2 heteroatoms. The van der Waals surface area contributed by atoms with E-state index in [0.29, 0.717) is 0 Å². The summed E-state index contributed by atoms with van der Waals surface area (Å²) in [7, 11) is 1.79. The molecular formula is C14H15NO. The topological polar surface area (TPSA) is 22.1 Å². The van der Waals surface area contributed by atoms with Crippen LogP contribution in [0.15, 0.2) is 30.3 Å². The van der Waals surface area contributed by atoms with Crippen LogP contribution in [0.5, 0.6) is 0 Å². The molecule has 0 N–H and O–H groups in total. The molecule has 0 aliphatic heterocycles. The molecule has 0 radical (unpaired) electrons. The molecule has 1 unspecified atom stereocenters. The molecule has 1 aromatic carbocycles. The van der Waals surface area contributed by atoms with Gasteiger partial charge in [-0.25, -0.2) is 0 Å². The van der Waals surface area contributed by atoms with Crippen molar-refractivity contribution in [3.8, 4) is 0 Å². The smallest absolute Gasteiger partial charge is 0.0839 e. The van der Waals surface area contributed by atoms with Crippen LogP contribution in [-0.4, -0.2) is 12.1 Å². The number of aryl methyl sites for hydroxylation is 1. The van der Waals surface area contributed by atoms with Crippen LogP contribution < -0.4 is 0 Å². The first-order chi connectivity index (χ1) is 7.88. The lowest BCUT2D eigenvalue weighted by Crippen LogP contribution is -2.13. The summed E-state index contributed by atoms with van der Waals surface area (Å²) < 4.78 is 5.53. The van der Waals surface area contributed by atoms with Gasteiger partial charge in [-0.3, -0.25) is 4.98 Å². The molecule has 0 bridgehead atoms. The SMILES string of the molecule is COC1CCCc2nc3ccccc3cc21. The molecule has 0 saturated carbocycles. The number of aromatic nitrogens is 1. The summed E-state index contributed by atoms with van der Waals surface area (Å²) in [4.78, 5) is 4.73. The summed E-state index contributed by atoms with van der Waals surface area (Å²) in [6, 6.07) is 10.5. The Labute approximate surface area is 95.3 Å². The van der Waals surface area contributed by atoms with Gasteiger partial charge < -0.3 is 4.74 Å². The number of pyridine rings is 1. The number of fused-ring (bicyclic) bond motifs is 2. The Morgan fingerprint density at radius 3 is 3.06 bits per heavy atom. The largest absolute Gasteiger partial charge is 0.377 e. The monoisotopic (exact) mass is 213 g/mol. The maximum absolute atomic E-state index is 5.53. The molecular weight excluding hydrogens is 198 g/mol. The zero-order chi connectivity index (χ0) is 11.0. The van der Waals surface area contributed by atoms with Crippen LogP contribution in [0.4, 0.5) is 0 Å². The van der Waals surface area contributed by atoms with Gasteiger partial charge in [-0.05, 0) is 31.4 Å². The standard InChI is InChI=1S/C14H15NO/c1-16-14-8-4-7-13-11(14)9-10-5-2-3-6-12(10)15-13/h2-3,5-6,9,14H,4,7-8H2,1H3. The second-order valence-corrected chi connectivity index (χ2v) is 4.33. The fourth-order valence-corrected chi connectivity index (χ4v) is 2.51. The van der Waals surface area contributed by atoms with E-state index in [0.717, 1.165) is 18.4 Å². The minimum Gasteiger partial charge on any atom is -0.377 e. The van der Waals surface area contributed by atoms with Crippen molar-refractivity contribution in [3.05, 3.63) is 41.6 Å². The number of ether oxygens (including phenoxy) is 1. The van der Waals surface area contributed by atoms with Gasteiger partial charge >= 0.3 is 0 Å². The first-order valence-corrected chi connectivity index (χ1v) is 5.80. The average molecular weight is 213 g/mol. The van der Waals surface area contributed by atoms with Crippen LogP contribution in [-0.2, 0) is 11.2 Å². The number of methoxy groups -OCH3 is 1. The molecule has 0 fully saturated rings. The summed E-state index contributed by atoms with van der Waals surface area (Å²) >= 11 is 0. The van der Waals surface area contributed by atoms with Crippen LogP contribution in [0.3, 0.4) is 0 Å². The molecule has 2 nitrogen and oxygen atoms in total. The third-order valence-corrected chi connectivity index (χ3v) is 3.35. The molecule has 16 heavy (non-hydrogen) atoms. The number of benzene rings is 1. The highest BCUT2D eigenvalue weighted by Gasteiger charge is 2.21. The second-order valence-electron chi connectivity index (χ2n) is 4.33. The van der Waals surface area contributed by atoms with Gasteiger partial charge in [-0.15, -0.1) is 0 Å². The lowest BCUT2D eigenvalue weighted by atomic mass is 9.92. The highest BCUT2D eigenvalue weighted by molar-refractivity contribution is 5.79. The zero-order valence-corrected chi connectivity index (χ0v) is 9.44. The Bertz CT molecular complexity index is 521. The Morgan fingerprint density at radius 2 is 2.19 bits per heavy atom. The van der Waals surface area contributed by atoms with Crippen molar-refractivity contribution in [2.24, 2.45) is 0 Å². The summed E-state index contributed by atoms with van der Waals surface area (Å²) in [5, 5.41) is 1.21. The van der Waals surface area contributed by atoms with Gasteiger partial charge in [0.15, 0.2) is 0 Å². The quantitative estimate of drug-likeness (QED) is 0.725. The van der Waals surface area contributed by atoms with E-state index in [9.17, 15) is 0 Å². The van der Waals surface area contributed by atoms with Crippen LogP contribution in [0, 0.1) is 0 Å². The molecule has 1 aliphatic carbocycles. The van der Waals surface area contributed by atoms with E-state index in [4.69, 9.17) is 9.72 Å². The first-order valence-electron chi connectivity index (χ1n) is 5.80. The Balaban J connectivity index is 2.21. The average Bonchev–Trinajstić information content (AvgIpc) is 2.35. The maximum Gasteiger partial charge on any atom is 0.0839 e. The highest BCUT2D eigenvalue weighted by Crippen LogP contribution is 2.32. The summed E-state index contributed by atoms with van der Waals surface area (Å²) in [6.07, 6.45) is 3.61. The fraction of sp³-hybridized carbons (Fsp3) is 0.357. The molecule has 82 valence electrons. The van der Waals surface area contributed by atoms with Crippen molar-refractivity contribution < 1.29 is 4.74 Å². The van der Waals surface area contributed by atoms with Crippen molar-refractivity contribution in [2.45, 2.75) is 25.4 Å². The number of para-hydroxylation sites is 1. The van der Waals surface area contributed by atoms with E-state index < -0.39 is 0 Å². The Morgan fingerprint density at radius 1 is 1.31 bits per heavy atom. The van der Waals surface area contributed by atoms with Crippen molar-refractivity contribution in [3.63, 3.8) is 0 Å². The van der Waals surface area contributed by atoms with E-state index in [1.54, 1.807) is 7.11 Å². The first kappa shape index (κ1) is 9.79. The molecule has 3 rings (SSSR count). The minimum atomic E-state index is 0.237. The highest BCUT2D eigenvalue weighted by atomic mass is 16.5. The van der Waals surface area contributed by atoms with Gasteiger partial charge in [0, 0.05) is 23.8 Å². The molecule has 0 spiro atoms. The number of rotatable bonds is 1. The zero-order valence-electron chi connectivity index (χ0n) is 9.44. The maximum atomic E-state index is 5.53. The molecule has 1 heterocycles. The van der Waals surface area contributed by atoms with E-state index in [1.165, 1.54) is 23.1 Å². The molecule has 1 atom stereocenters. The Kier molecular flexibility index (Phi) is 2.37. The van der Waals surface area contributed by atoms with Gasteiger partial charge in [-0.2, -0.15) is 0 Å². The van der Waals surface area contributed by atoms with Crippen molar-refractivity contribution in [1.29, 1.82) is 0 Å². The molecule has 2 aromatic rings. The minimum absolute atomic E-state index is 0.237. The number of hydrogen-bond acceptors (Lipinski definition) is 2. The van der Waals surface area contributed by atoms with Crippen molar-refractivity contribution in [1.82, 2.24) is 4.98 Å². The fourth-order valence-electron chi connectivity index (χ4n) is 2.51. The van der Waals surface area contributed by atoms with Crippen LogP contribution in [0.2, 0.25) is 0 Å². The predicted octanol–water partition coefficient (Wildman–Crippen LogP) is 3.26. The van der Waals surface area contributed by atoms with Gasteiger partial charge in [0.25, 0.3) is 0 Å². The van der Waals surface area contributed by atoms with Gasteiger partial charge in [-0.1, -0.05) is 18.2 Å². The van der Waals surface area contributed by atoms with E-state index >= 15 is 0 Å². The Hall–Kier alpha value is -1.41. The summed E-state index contributed by atoms with van der Waals surface area (Å²) in [5.74, 6) is 0.